The number of aromatic nitrogens is 2. The van der Waals surface area contributed by atoms with Crippen LogP contribution in [0.15, 0.2) is 36.7 Å². The number of halogens is 2. The van der Waals surface area contributed by atoms with Gasteiger partial charge in [-0.15, -0.1) is 0 Å². The average molecular weight is 602 g/mol. The quantitative estimate of drug-likeness (QED) is 0.546. The molecule has 0 aromatic carbocycles. The Kier molecular flexibility index (Phi) is 17.7. The van der Waals surface area contributed by atoms with Gasteiger partial charge in [0.15, 0.2) is 0 Å². The Hall–Kier alpha value is -1.89. The van der Waals surface area contributed by atoms with E-state index in [0.717, 1.165) is 36.7 Å². The van der Waals surface area contributed by atoms with Crippen LogP contribution in [-0.2, 0) is 26.1 Å². The van der Waals surface area contributed by atoms with E-state index in [-0.39, 0.29) is 0 Å². The van der Waals surface area contributed by atoms with E-state index in [1.54, 1.807) is 38.7 Å². The molecule has 0 unspecified atom stereocenters. The van der Waals surface area contributed by atoms with Gasteiger partial charge in [0.1, 0.15) is 11.5 Å². The van der Waals surface area contributed by atoms with Crippen molar-refractivity contribution in [3.05, 3.63) is 36.7 Å². The predicted octanol–water partition coefficient (Wildman–Crippen LogP) is 3.72. The molecule has 0 saturated carbocycles. The molecule has 0 fully saturated rings. The molecule has 2 rings (SSSR count). The molecule has 2 aromatic rings. The summed E-state index contributed by atoms with van der Waals surface area (Å²) in [6.45, 7) is 2.17. The molecule has 0 atom stereocenters. The van der Waals surface area contributed by atoms with Crippen LogP contribution in [-0.4, -0.2) is 46.3 Å². The van der Waals surface area contributed by atoms with Crippen molar-refractivity contribution in [2.75, 3.05) is 14.2 Å². The number of nitrogens with zero attached hydrogens (tertiary/aromatic N) is 2. The second-order valence-corrected chi connectivity index (χ2v) is 7.53. The number of carboxylic acid groups (broad SMARTS) is 2. The molecule has 154 valence electrons. The van der Waals surface area contributed by atoms with Crippen LogP contribution in [0.5, 0.6) is 11.5 Å². The number of hydrogen-bond acceptors (Lipinski definition) is 6. The van der Waals surface area contributed by atoms with Crippen molar-refractivity contribution in [3.8, 4) is 22.9 Å². The van der Waals surface area contributed by atoms with E-state index in [1.165, 1.54) is 0 Å². The summed E-state index contributed by atoms with van der Waals surface area (Å²) in [5.41, 5.74) is 1.52. The second-order valence-electron chi connectivity index (χ2n) is 4.25. The SMILES string of the molecule is CC(=O)O.CC(=O)O.COc1ccnc(-c2cc(OC)ccn2)c1.[Cl][Pt][Cl]. The predicted molar refractivity (Wildman–Crippen MR) is 98.9 cm³/mol. The van der Waals surface area contributed by atoms with E-state index in [1.807, 2.05) is 12.1 Å². The zero-order chi connectivity index (χ0) is 21.2. The molecular weight excluding hydrogens is 582 g/mol. The minimum atomic E-state index is -0.833. The molecule has 11 heteroatoms. The molecular formula is C16H20Cl2N2O6Pt. The Labute approximate surface area is 173 Å². The Morgan fingerprint density at radius 2 is 1.15 bits per heavy atom. The van der Waals surface area contributed by atoms with Crippen LogP contribution in [0.1, 0.15) is 13.8 Å². The summed E-state index contributed by atoms with van der Waals surface area (Å²) in [4.78, 5) is 26.5. The topological polar surface area (TPSA) is 119 Å². The molecule has 2 aromatic heterocycles. The van der Waals surface area contributed by atoms with Gasteiger partial charge in [0.2, 0.25) is 0 Å². The molecule has 0 aliphatic heterocycles. The van der Waals surface area contributed by atoms with Crippen molar-refractivity contribution in [3.63, 3.8) is 0 Å². The van der Waals surface area contributed by atoms with Crippen LogP contribution in [0.4, 0.5) is 0 Å². The Bertz CT molecular complexity index is 626. The van der Waals surface area contributed by atoms with Gasteiger partial charge in [-0.3, -0.25) is 19.6 Å². The normalized spacial score (nSPS) is 8.52. The number of aliphatic carboxylic acids is 2. The van der Waals surface area contributed by atoms with Gasteiger partial charge < -0.3 is 19.7 Å². The fourth-order valence-electron chi connectivity index (χ4n) is 1.36. The van der Waals surface area contributed by atoms with E-state index in [4.69, 9.17) is 48.1 Å². The zero-order valence-electron chi connectivity index (χ0n) is 15.0. The van der Waals surface area contributed by atoms with Gasteiger partial charge in [-0.05, 0) is 12.1 Å². The van der Waals surface area contributed by atoms with Gasteiger partial charge in [0.05, 0.1) is 25.6 Å². The Morgan fingerprint density at radius 3 is 1.37 bits per heavy atom. The van der Waals surface area contributed by atoms with Gasteiger partial charge in [-0.2, -0.15) is 0 Å². The molecule has 0 aliphatic rings. The molecule has 0 spiro atoms. The number of ether oxygens (including phenoxy) is 2. The molecule has 8 nitrogen and oxygen atoms in total. The van der Waals surface area contributed by atoms with Gasteiger partial charge in [0.25, 0.3) is 11.9 Å². The van der Waals surface area contributed by atoms with Crippen LogP contribution in [0, 0.1) is 0 Å². The molecule has 2 N–H and O–H groups in total. The molecule has 0 radical (unpaired) electrons. The van der Waals surface area contributed by atoms with Crippen molar-refractivity contribution < 1.29 is 45.8 Å². The molecule has 0 amide bonds. The van der Waals surface area contributed by atoms with E-state index >= 15 is 0 Å². The minimum absolute atomic E-state index is 0.472. The van der Waals surface area contributed by atoms with E-state index in [2.05, 4.69) is 9.97 Å². The first-order valence-corrected chi connectivity index (χ1v) is 12.6. The summed E-state index contributed by atoms with van der Waals surface area (Å²) in [7, 11) is 13.0. The maximum absolute atomic E-state index is 9.00. The first kappa shape index (κ1) is 27.3. The number of rotatable bonds is 3. The van der Waals surface area contributed by atoms with Crippen LogP contribution in [0.25, 0.3) is 11.4 Å². The van der Waals surface area contributed by atoms with Crippen molar-refractivity contribution in [2.24, 2.45) is 0 Å². The molecule has 2 heterocycles. The van der Waals surface area contributed by atoms with Crippen molar-refractivity contribution in [1.82, 2.24) is 9.97 Å². The van der Waals surface area contributed by atoms with Crippen molar-refractivity contribution in [1.29, 1.82) is 0 Å². The third kappa shape index (κ3) is 17.3. The first-order valence-electron chi connectivity index (χ1n) is 6.93. The van der Waals surface area contributed by atoms with E-state index in [9.17, 15) is 0 Å². The monoisotopic (exact) mass is 601 g/mol. The first-order chi connectivity index (χ1) is 12.7. The summed E-state index contributed by atoms with van der Waals surface area (Å²) in [5.74, 6) is -0.149. The van der Waals surface area contributed by atoms with Gasteiger partial charge in [0, 0.05) is 38.4 Å². The summed E-state index contributed by atoms with van der Waals surface area (Å²) in [6, 6.07) is 7.26. The zero-order valence-corrected chi connectivity index (χ0v) is 18.7. The van der Waals surface area contributed by atoms with Crippen molar-refractivity contribution in [2.45, 2.75) is 13.8 Å². The van der Waals surface area contributed by atoms with Gasteiger partial charge >= 0.3 is 35.3 Å². The Morgan fingerprint density at radius 1 is 0.889 bits per heavy atom. The fraction of sp³-hybridized carbons (Fsp3) is 0.250. The molecule has 0 saturated heterocycles. The summed E-state index contributed by atoms with van der Waals surface area (Å²) >= 11 is -0.472. The van der Waals surface area contributed by atoms with Crippen LogP contribution < -0.4 is 9.47 Å². The van der Waals surface area contributed by atoms with Crippen LogP contribution in [0.3, 0.4) is 0 Å². The van der Waals surface area contributed by atoms with Gasteiger partial charge in [-0.25, -0.2) is 0 Å². The maximum atomic E-state index is 9.00. The van der Waals surface area contributed by atoms with E-state index < -0.39 is 28.4 Å². The number of carbonyl (C=O) groups is 2. The molecule has 0 aliphatic carbocycles. The number of carboxylic acids is 2. The summed E-state index contributed by atoms with van der Waals surface area (Å²) in [6.07, 6.45) is 3.38. The fourth-order valence-corrected chi connectivity index (χ4v) is 1.36. The number of hydrogen-bond donors (Lipinski definition) is 2. The third-order valence-corrected chi connectivity index (χ3v) is 2.20. The molecule has 0 bridgehead atoms. The van der Waals surface area contributed by atoms with Crippen molar-refractivity contribution >= 4 is 30.8 Å². The summed E-state index contributed by atoms with van der Waals surface area (Å²) in [5, 5.41) is 14.8. The van der Waals surface area contributed by atoms with Crippen LogP contribution in [0.2, 0.25) is 0 Å². The summed E-state index contributed by atoms with van der Waals surface area (Å²) < 4.78 is 10.3. The number of pyridine rings is 2. The molecule has 27 heavy (non-hydrogen) atoms. The standard InChI is InChI=1S/C12H12N2O2.2C2H4O2.2ClH.Pt/c1-15-9-3-5-13-11(7-9)12-8-10(16-2)4-6-14-12;2*1-2(3)4;;;/h3-8H,1-2H3;2*1H3,(H,3,4);2*1H;/q;;;;;+2/p-2. The van der Waals surface area contributed by atoms with E-state index in [0.29, 0.717) is 0 Å². The van der Waals surface area contributed by atoms with Crippen LogP contribution >= 0.6 is 18.8 Å². The van der Waals surface area contributed by atoms with Gasteiger partial charge in [-0.1, -0.05) is 0 Å². The second kappa shape index (κ2) is 17.5. The Balaban J connectivity index is 0. The third-order valence-electron chi connectivity index (χ3n) is 2.20. The number of methoxy groups -OCH3 is 2. The average Bonchev–Trinajstić information content (AvgIpc) is 2.61.